The summed E-state index contributed by atoms with van der Waals surface area (Å²) in [6.45, 7) is 6.40. The summed E-state index contributed by atoms with van der Waals surface area (Å²) in [4.78, 5) is 2.24. The Balaban J connectivity index is 1.94. The minimum atomic E-state index is -0.195. The van der Waals surface area contributed by atoms with Crippen LogP contribution in [0.1, 0.15) is 22.5 Å². The number of likely N-dealkylation sites (N-methyl/N-ethyl adjacent to an activating group) is 1. The van der Waals surface area contributed by atoms with Crippen LogP contribution in [0.3, 0.4) is 0 Å². The van der Waals surface area contributed by atoms with Crippen molar-refractivity contribution < 1.29 is 9.50 Å². The van der Waals surface area contributed by atoms with Gasteiger partial charge >= 0.3 is 0 Å². The van der Waals surface area contributed by atoms with Crippen LogP contribution in [-0.4, -0.2) is 40.0 Å². The molecule has 1 heterocycles. The first-order valence-electron chi connectivity index (χ1n) is 7.58. The van der Waals surface area contributed by atoms with Crippen molar-refractivity contribution in [3.05, 3.63) is 52.6 Å². The summed E-state index contributed by atoms with van der Waals surface area (Å²) in [5, 5.41) is 13.5. The van der Waals surface area contributed by atoms with Gasteiger partial charge in [-0.05, 0) is 45.0 Å². The second-order valence-corrected chi connectivity index (χ2v) is 5.71. The van der Waals surface area contributed by atoms with E-state index in [4.69, 9.17) is 5.11 Å². The zero-order valence-electron chi connectivity index (χ0n) is 13.5. The molecule has 0 amide bonds. The highest BCUT2D eigenvalue weighted by molar-refractivity contribution is 5.24. The third-order valence-corrected chi connectivity index (χ3v) is 3.97. The van der Waals surface area contributed by atoms with E-state index >= 15 is 0 Å². The Morgan fingerprint density at radius 2 is 1.91 bits per heavy atom. The van der Waals surface area contributed by atoms with Gasteiger partial charge in [0.1, 0.15) is 5.82 Å². The Hall–Kier alpha value is -1.72. The normalized spacial score (nSPS) is 11.4. The van der Waals surface area contributed by atoms with Crippen molar-refractivity contribution in [3.8, 4) is 0 Å². The number of halogens is 1. The van der Waals surface area contributed by atoms with E-state index in [9.17, 15) is 4.39 Å². The summed E-state index contributed by atoms with van der Waals surface area (Å²) < 4.78 is 14.7. The molecule has 0 fully saturated rings. The number of rotatable bonds is 7. The smallest absolute Gasteiger partial charge is 0.123 e. The monoisotopic (exact) mass is 305 g/mol. The average molecular weight is 305 g/mol. The third kappa shape index (κ3) is 4.15. The minimum absolute atomic E-state index is 0.0990. The molecule has 1 N–H and O–H groups in total. The Morgan fingerprint density at radius 3 is 2.55 bits per heavy atom. The first-order chi connectivity index (χ1) is 10.5. The largest absolute Gasteiger partial charge is 0.394 e. The second-order valence-electron chi connectivity index (χ2n) is 5.71. The van der Waals surface area contributed by atoms with E-state index in [1.165, 1.54) is 17.7 Å². The molecule has 2 rings (SSSR count). The van der Waals surface area contributed by atoms with Crippen LogP contribution in [0.15, 0.2) is 24.3 Å². The van der Waals surface area contributed by atoms with Gasteiger partial charge in [0.2, 0.25) is 0 Å². The maximum atomic E-state index is 12.9. The Kier molecular flexibility index (Phi) is 5.69. The van der Waals surface area contributed by atoms with Crippen LogP contribution < -0.4 is 0 Å². The lowest BCUT2D eigenvalue weighted by Crippen LogP contribution is -2.21. The van der Waals surface area contributed by atoms with Crippen molar-refractivity contribution in [3.63, 3.8) is 0 Å². The molecule has 120 valence electrons. The quantitative estimate of drug-likeness (QED) is 0.853. The van der Waals surface area contributed by atoms with Crippen molar-refractivity contribution in [1.29, 1.82) is 0 Å². The van der Waals surface area contributed by atoms with Gasteiger partial charge in [-0.2, -0.15) is 5.10 Å². The molecule has 1 aromatic heterocycles. The third-order valence-electron chi connectivity index (χ3n) is 3.97. The van der Waals surface area contributed by atoms with Gasteiger partial charge in [0.15, 0.2) is 0 Å². The number of hydrogen-bond acceptors (Lipinski definition) is 3. The topological polar surface area (TPSA) is 41.3 Å². The van der Waals surface area contributed by atoms with E-state index in [1.807, 2.05) is 30.7 Å². The summed E-state index contributed by atoms with van der Waals surface area (Å²) in [5.41, 5.74) is 4.48. The first-order valence-corrected chi connectivity index (χ1v) is 7.58. The first kappa shape index (κ1) is 16.6. The van der Waals surface area contributed by atoms with Crippen molar-refractivity contribution in [2.24, 2.45) is 0 Å². The predicted octanol–water partition coefficient (Wildman–Crippen LogP) is 2.31. The Morgan fingerprint density at radius 1 is 1.23 bits per heavy atom. The van der Waals surface area contributed by atoms with Gasteiger partial charge in [0.25, 0.3) is 0 Å². The number of hydrogen-bond donors (Lipinski definition) is 1. The van der Waals surface area contributed by atoms with E-state index < -0.39 is 0 Å². The van der Waals surface area contributed by atoms with Crippen LogP contribution in [-0.2, 0) is 19.5 Å². The number of aromatic nitrogens is 2. The number of aryl methyl sites for hydroxylation is 1. The van der Waals surface area contributed by atoms with E-state index in [1.54, 1.807) is 0 Å². The van der Waals surface area contributed by atoms with Crippen molar-refractivity contribution in [1.82, 2.24) is 14.7 Å². The molecule has 0 saturated carbocycles. The van der Waals surface area contributed by atoms with Crippen LogP contribution in [0.2, 0.25) is 0 Å². The predicted molar refractivity (Wildman–Crippen MR) is 85.2 cm³/mol. The fourth-order valence-electron chi connectivity index (χ4n) is 2.60. The fourth-order valence-corrected chi connectivity index (χ4v) is 2.60. The van der Waals surface area contributed by atoms with Gasteiger partial charge in [0.05, 0.1) is 18.8 Å². The molecular formula is C17H24FN3O. The summed E-state index contributed by atoms with van der Waals surface area (Å²) >= 11 is 0. The molecule has 0 aliphatic carbocycles. The van der Waals surface area contributed by atoms with Gasteiger partial charge in [-0.25, -0.2) is 4.39 Å². The molecule has 0 aliphatic rings. The molecule has 0 spiro atoms. The molecule has 0 bridgehead atoms. The fraction of sp³-hybridized carbons (Fsp3) is 0.471. The highest BCUT2D eigenvalue weighted by atomic mass is 19.1. The van der Waals surface area contributed by atoms with E-state index in [-0.39, 0.29) is 12.4 Å². The highest BCUT2D eigenvalue weighted by Crippen LogP contribution is 2.15. The standard InChI is InChI=1S/C17H24FN3O/c1-13-17(14(2)21(19-13)10-11-22)12-20(3)9-8-15-4-6-16(18)7-5-15/h4-7,22H,8-12H2,1-3H3. The van der Waals surface area contributed by atoms with Gasteiger partial charge in [-0.1, -0.05) is 12.1 Å². The zero-order chi connectivity index (χ0) is 16.1. The Bertz CT molecular complexity index is 607. The maximum absolute atomic E-state index is 12.9. The number of benzene rings is 1. The summed E-state index contributed by atoms with van der Waals surface area (Å²) in [7, 11) is 2.08. The summed E-state index contributed by atoms with van der Waals surface area (Å²) in [6.07, 6.45) is 0.889. The molecule has 0 aliphatic heterocycles. The van der Waals surface area contributed by atoms with Gasteiger partial charge in [-0.3, -0.25) is 4.68 Å². The van der Waals surface area contributed by atoms with E-state index in [2.05, 4.69) is 17.0 Å². The molecule has 1 aromatic carbocycles. The summed E-state index contributed by atoms with van der Waals surface area (Å²) in [6, 6.07) is 6.67. The number of aliphatic hydroxyl groups is 1. The lowest BCUT2D eigenvalue weighted by Gasteiger charge is -2.17. The zero-order valence-corrected chi connectivity index (χ0v) is 13.5. The molecule has 0 saturated heterocycles. The Labute approximate surface area is 131 Å². The molecule has 2 aromatic rings. The lowest BCUT2D eigenvalue weighted by molar-refractivity contribution is 0.267. The van der Waals surface area contributed by atoms with Crippen LogP contribution in [0.5, 0.6) is 0 Å². The molecule has 0 atom stereocenters. The van der Waals surface area contributed by atoms with Gasteiger partial charge in [-0.15, -0.1) is 0 Å². The van der Waals surface area contributed by atoms with Crippen LogP contribution in [0.25, 0.3) is 0 Å². The van der Waals surface area contributed by atoms with Crippen LogP contribution >= 0.6 is 0 Å². The van der Waals surface area contributed by atoms with Gasteiger partial charge < -0.3 is 10.0 Å². The minimum Gasteiger partial charge on any atom is -0.394 e. The maximum Gasteiger partial charge on any atom is 0.123 e. The SMILES string of the molecule is Cc1nn(CCO)c(C)c1CN(C)CCc1ccc(F)cc1. The van der Waals surface area contributed by atoms with Crippen LogP contribution in [0, 0.1) is 19.7 Å². The van der Waals surface area contributed by atoms with Crippen molar-refractivity contribution >= 4 is 0 Å². The molecule has 5 heteroatoms. The molecular weight excluding hydrogens is 281 g/mol. The van der Waals surface area contributed by atoms with E-state index in [0.29, 0.717) is 6.54 Å². The van der Waals surface area contributed by atoms with Crippen LogP contribution in [0.4, 0.5) is 4.39 Å². The van der Waals surface area contributed by atoms with Crippen molar-refractivity contribution in [2.75, 3.05) is 20.2 Å². The van der Waals surface area contributed by atoms with Crippen molar-refractivity contribution in [2.45, 2.75) is 33.4 Å². The molecule has 4 nitrogen and oxygen atoms in total. The number of nitrogens with zero attached hydrogens (tertiary/aromatic N) is 3. The molecule has 0 unspecified atom stereocenters. The highest BCUT2D eigenvalue weighted by Gasteiger charge is 2.13. The molecule has 0 radical (unpaired) electrons. The van der Waals surface area contributed by atoms with Gasteiger partial charge in [0, 0.05) is 24.3 Å². The molecule has 22 heavy (non-hydrogen) atoms. The lowest BCUT2D eigenvalue weighted by atomic mass is 10.1. The average Bonchev–Trinajstić information content (AvgIpc) is 2.75. The second kappa shape index (κ2) is 7.51. The number of aliphatic hydroxyl groups excluding tert-OH is 1. The van der Waals surface area contributed by atoms with E-state index in [0.717, 1.165) is 36.5 Å². The summed E-state index contributed by atoms with van der Waals surface area (Å²) in [5.74, 6) is -0.195.